The highest BCUT2D eigenvalue weighted by atomic mass is 16.2. The number of rotatable bonds is 5. The predicted octanol–water partition coefficient (Wildman–Crippen LogP) is 1.04. The molecule has 3 aromatic rings. The number of amides is 1. The van der Waals surface area contributed by atoms with E-state index >= 15 is 0 Å². The largest absolute Gasteiger partial charge is 0.368 e. The fourth-order valence-corrected chi connectivity index (χ4v) is 4.13. The third-order valence-electron chi connectivity index (χ3n) is 6.08. The molecule has 10 nitrogen and oxygen atoms in total. The standard InChI is InChI=1S/C22H24N8O2/c1-16(31)17-2-4-19(5-3-17)27-6-8-28(9-7-27)22(32)18-11-29(12-18)20-10-21(25-14-24-20)30-15-23-13-26-30/h2-5,10,13-15,18H,6-9,11-12H2,1H3. The summed E-state index contributed by atoms with van der Waals surface area (Å²) in [5.74, 6) is 1.70. The highest BCUT2D eigenvalue weighted by Gasteiger charge is 2.37. The SMILES string of the molecule is CC(=O)c1ccc(N2CCN(C(=O)C3CN(c4cc(-n5cncn5)ncn4)C3)CC2)cc1. The fraction of sp³-hybridized carbons (Fsp3) is 0.364. The fourth-order valence-electron chi connectivity index (χ4n) is 4.13. The Bertz CT molecular complexity index is 1100. The van der Waals surface area contributed by atoms with E-state index < -0.39 is 0 Å². The summed E-state index contributed by atoms with van der Waals surface area (Å²) in [5.41, 5.74) is 1.80. The van der Waals surface area contributed by atoms with E-state index in [9.17, 15) is 9.59 Å². The smallest absolute Gasteiger partial charge is 0.229 e. The summed E-state index contributed by atoms with van der Waals surface area (Å²) in [5, 5.41) is 4.09. The third kappa shape index (κ3) is 3.91. The molecular formula is C22H24N8O2. The molecule has 0 bridgehead atoms. The van der Waals surface area contributed by atoms with E-state index in [0.717, 1.165) is 24.6 Å². The van der Waals surface area contributed by atoms with Gasteiger partial charge in [-0.3, -0.25) is 9.59 Å². The number of Topliss-reactive ketones (excluding diaryl/α,β-unsaturated/α-hetero) is 1. The number of hydrogen-bond acceptors (Lipinski definition) is 8. The molecule has 2 aromatic heterocycles. The van der Waals surface area contributed by atoms with Gasteiger partial charge < -0.3 is 14.7 Å². The van der Waals surface area contributed by atoms with E-state index in [-0.39, 0.29) is 17.6 Å². The van der Waals surface area contributed by atoms with Crippen molar-refractivity contribution in [3.8, 4) is 5.82 Å². The molecule has 0 radical (unpaired) electrons. The van der Waals surface area contributed by atoms with Crippen LogP contribution in [0.1, 0.15) is 17.3 Å². The lowest BCUT2D eigenvalue weighted by Crippen LogP contribution is -2.58. The summed E-state index contributed by atoms with van der Waals surface area (Å²) in [7, 11) is 0. The molecule has 0 aliphatic carbocycles. The lowest BCUT2D eigenvalue weighted by atomic mass is 9.98. The molecule has 0 spiro atoms. The Morgan fingerprint density at radius 1 is 0.906 bits per heavy atom. The van der Waals surface area contributed by atoms with Gasteiger partial charge in [-0.1, -0.05) is 0 Å². The van der Waals surface area contributed by atoms with Crippen LogP contribution in [0.25, 0.3) is 5.82 Å². The first-order chi connectivity index (χ1) is 15.6. The van der Waals surface area contributed by atoms with Gasteiger partial charge in [0.25, 0.3) is 0 Å². The van der Waals surface area contributed by atoms with Crippen molar-refractivity contribution < 1.29 is 9.59 Å². The van der Waals surface area contributed by atoms with Crippen LogP contribution in [0.3, 0.4) is 0 Å². The van der Waals surface area contributed by atoms with Crippen molar-refractivity contribution in [2.24, 2.45) is 5.92 Å². The Balaban J connectivity index is 1.14. The molecular weight excluding hydrogens is 408 g/mol. The van der Waals surface area contributed by atoms with Gasteiger partial charge in [0.1, 0.15) is 24.8 Å². The van der Waals surface area contributed by atoms with Crippen LogP contribution >= 0.6 is 0 Å². The van der Waals surface area contributed by atoms with Crippen LogP contribution in [0.2, 0.25) is 0 Å². The molecule has 0 saturated carbocycles. The third-order valence-corrected chi connectivity index (χ3v) is 6.08. The van der Waals surface area contributed by atoms with Crippen LogP contribution in [-0.4, -0.2) is 80.6 Å². The van der Waals surface area contributed by atoms with Crippen molar-refractivity contribution in [3.63, 3.8) is 0 Å². The number of benzene rings is 1. The number of nitrogens with zero attached hydrogens (tertiary/aromatic N) is 8. The predicted molar refractivity (Wildman–Crippen MR) is 118 cm³/mol. The molecule has 2 saturated heterocycles. The second-order valence-corrected chi connectivity index (χ2v) is 8.09. The van der Waals surface area contributed by atoms with Gasteiger partial charge in [-0.25, -0.2) is 19.6 Å². The van der Waals surface area contributed by atoms with E-state index in [1.54, 1.807) is 17.9 Å². The number of piperazine rings is 1. The Morgan fingerprint density at radius 2 is 1.62 bits per heavy atom. The zero-order valence-electron chi connectivity index (χ0n) is 17.8. The molecule has 5 rings (SSSR count). The van der Waals surface area contributed by atoms with Crippen molar-refractivity contribution in [3.05, 3.63) is 54.9 Å². The van der Waals surface area contributed by atoms with E-state index in [2.05, 4.69) is 29.9 Å². The van der Waals surface area contributed by atoms with Gasteiger partial charge >= 0.3 is 0 Å². The van der Waals surface area contributed by atoms with E-state index in [1.165, 1.54) is 12.7 Å². The molecule has 0 atom stereocenters. The molecule has 10 heteroatoms. The van der Waals surface area contributed by atoms with Crippen LogP contribution in [-0.2, 0) is 4.79 Å². The minimum absolute atomic E-state index is 0.0128. The molecule has 2 aliphatic rings. The van der Waals surface area contributed by atoms with Crippen molar-refractivity contribution in [2.45, 2.75) is 6.92 Å². The molecule has 0 N–H and O–H groups in total. The average Bonchev–Trinajstić information content (AvgIpc) is 3.34. The van der Waals surface area contributed by atoms with Gasteiger partial charge in [0, 0.05) is 56.6 Å². The van der Waals surface area contributed by atoms with Crippen molar-refractivity contribution in [2.75, 3.05) is 49.1 Å². The van der Waals surface area contributed by atoms with Crippen LogP contribution in [0.5, 0.6) is 0 Å². The number of aromatic nitrogens is 5. The molecule has 32 heavy (non-hydrogen) atoms. The molecule has 4 heterocycles. The van der Waals surface area contributed by atoms with Crippen LogP contribution in [0.15, 0.2) is 49.3 Å². The second kappa shape index (κ2) is 8.37. The van der Waals surface area contributed by atoms with Crippen molar-refractivity contribution in [1.29, 1.82) is 0 Å². The Hall–Kier alpha value is -3.82. The summed E-state index contributed by atoms with van der Waals surface area (Å²) >= 11 is 0. The van der Waals surface area contributed by atoms with E-state index in [4.69, 9.17) is 0 Å². The zero-order chi connectivity index (χ0) is 22.1. The molecule has 164 valence electrons. The normalized spacial score (nSPS) is 16.7. The quantitative estimate of drug-likeness (QED) is 0.552. The zero-order valence-corrected chi connectivity index (χ0v) is 17.8. The Labute approximate surface area is 185 Å². The summed E-state index contributed by atoms with van der Waals surface area (Å²) in [6, 6.07) is 9.53. The first kappa shape index (κ1) is 20.1. The van der Waals surface area contributed by atoms with E-state index in [0.29, 0.717) is 37.6 Å². The molecule has 1 amide bonds. The highest BCUT2D eigenvalue weighted by Crippen LogP contribution is 2.26. The molecule has 2 aliphatic heterocycles. The number of anilines is 2. The molecule has 0 unspecified atom stereocenters. The molecule has 2 fully saturated rings. The number of ketones is 1. The number of carbonyl (C=O) groups is 2. The summed E-state index contributed by atoms with van der Waals surface area (Å²) < 4.78 is 1.58. The van der Waals surface area contributed by atoms with Crippen LogP contribution in [0, 0.1) is 5.92 Å². The maximum absolute atomic E-state index is 13.0. The van der Waals surface area contributed by atoms with Crippen molar-refractivity contribution >= 4 is 23.2 Å². The van der Waals surface area contributed by atoms with Gasteiger partial charge in [0.05, 0.1) is 5.92 Å². The number of hydrogen-bond donors (Lipinski definition) is 0. The summed E-state index contributed by atoms with van der Waals surface area (Å²) in [4.78, 5) is 43.2. The maximum Gasteiger partial charge on any atom is 0.229 e. The molecule has 1 aromatic carbocycles. The summed E-state index contributed by atoms with van der Waals surface area (Å²) in [6.45, 7) is 5.85. The van der Waals surface area contributed by atoms with Gasteiger partial charge in [-0.15, -0.1) is 0 Å². The highest BCUT2D eigenvalue weighted by molar-refractivity contribution is 5.94. The van der Waals surface area contributed by atoms with E-state index in [1.807, 2.05) is 35.2 Å². The van der Waals surface area contributed by atoms with Crippen LogP contribution in [0.4, 0.5) is 11.5 Å². The minimum atomic E-state index is -0.0128. The lowest BCUT2D eigenvalue weighted by Gasteiger charge is -2.43. The van der Waals surface area contributed by atoms with Gasteiger partial charge in [-0.2, -0.15) is 5.10 Å². The number of carbonyl (C=O) groups excluding carboxylic acids is 2. The summed E-state index contributed by atoms with van der Waals surface area (Å²) in [6.07, 6.45) is 4.55. The minimum Gasteiger partial charge on any atom is -0.368 e. The second-order valence-electron chi connectivity index (χ2n) is 8.09. The topological polar surface area (TPSA) is 100 Å². The lowest BCUT2D eigenvalue weighted by molar-refractivity contribution is -0.136. The van der Waals surface area contributed by atoms with Gasteiger partial charge in [-0.05, 0) is 31.2 Å². The van der Waals surface area contributed by atoms with Crippen LogP contribution < -0.4 is 9.80 Å². The van der Waals surface area contributed by atoms with Gasteiger partial charge in [0.2, 0.25) is 5.91 Å². The monoisotopic (exact) mass is 432 g/mol. The maximum atomic E-state index is 13.0. The Kier molecular flexibility index (Phi) is 5.26. The van der Waals surface area contributed by atoms with Crippen molar-refractivity contribution in [1.82, 2.24) is 29.6 Å². The Morgan fingerprint density at radius 3 is 2.28 bits per heavy atom. The first-order valence-corrected chi connectivity index (χ1v) is 10.7. The first-order valence-electron chi connectivity index (χ1n) is 10.7. The van der Waals surface area contributed by atoms with Gasteiger partial charge in [0.15, 0.2) is 11.6 Å². The average molecular weight is 432 g/mol.